The highest BCUT2D eigenvalue weighted by Gasteiger charge is 2.46. The number of halogens is 2. The molecular weight excluding hydrogens is 556 g/mol. The van der Waals surface area contributed by atoms with Gasteiger partial charge in [-0.05, 0) is 42.0 Å². The highest BCUT2D eigenvalue weighted by atomic mass is 32.2. The molecule has 12 heteroatoms. The van der Waals surface area contributed by atoms with Crippen LogP contribution in [-0.4, -0.2) is 48.3 Å². The first-order chi connectivity index (χ1) is 19.8. The molecule has 1 amide bonds. The first-order valence-electron chi connectivity index (χ1n) is 13.2. The number of ether oxygens (including phenoxy) is 3. The summed E-state index contributed by atoms with van der Waals surface area (Å²) in [5.74, 6) is -2.11. The molecule has 0 radical (unpaired) electrons. The summed E-state index contributed by atoms with van der Waals surface area (Å²) in [6.07, 6.45) is 1.50. The van der Waals surface area contributed by atoms with Crippen molar-refractivity contribution >= 4 is 23.8 Å². The van der Waals surface area contributed by atoms with Gasteiger partial charge in [0.15, 0.2) is 17.3 Å². The number of methoxy groups -OCH3 is 1. The lowest BCUT2D eigenvalue weighted by molar-refractivity contribution is 0.0120. The molecule has 1 saturated heterocycles. The van der Waals surface area contributed by atoms with Crippen molar-refractivity contribution in [2.45, 2.75) is 42.6 Å². The Morgan fingerprint density at radius 3 is 2.68 bits per heavy atom. The van der Waals surface area contributed by atoms with Gasteiger partial charge in [0.25, 0.3) is 5.91 Å². The smallest absolute Gasteiger partial charge is 0.451 e. The molecule has 3 aliphatic heterocycles. The Bertz CT molecular complexity index is 1600. The molecule has 4 heterocycles. The number of benzene rings is 2. The van der Waals surface area contributed by atoms with Crippen molar-refractivity contribution in [3.8, 4) is 5.75 Å². The molecule has 0 spiro atoms. The van der Waals surface area contributed by atoms with E-state index in [2.05, 4.69) is 4.74 Å². The van der Waals surface area contributed by atoms with Gasteiger partial charge in [0, 0.05) is 35.0 Å². The maximum Gasteiger partial charge on any atom is 0.510 e. The van der Waals surface area contributed by atoms with Crippen molar-refractivity contribution in [2.75, 3.05) is 25.5 Å². The Kier molecular flexibility index (Phi) is 7.10. The molecular formula is C29H27F2N3O6S. The Balaban J connectivity index is 1.58. The molecule has 3 aliphatic rings. The molecule has 214 valence electrons. The van der Waals surface area contributed by atoms with E-state index in [9.17, 15) is 18.8 Å². The van der Waals surface area contributed by atoms with Crippen LogP contribution < -0.4 is 15.2 Å². The van der Waals surface area contributed by atoms with Crippen LogP contribution in [0, 0.1) is 17.6 Å². The van der Waals surface area contributed by atoms with E-state index in [1.807, 2.05) is 36.2 Å². The van der Waals surface area contributed by atoms with E-state index >= 15 is 4.39 Å². The topological polar surface area (TPSA) is 90.3 Å². The van der Waals surface area contributed by atoms with Crippen LogP contribution in [0.4, 0.5) is 13.6 Å². The molecule has 1 aromatic heterocycles. The zero-order valence-electron chi connectivity index (χ0n) is 22.3. The Morgan fingerprint density at radius 1 is 1.07 bits per heavy atom. The summed E-state index contributed by atoms with van der Waals surface area (Å²) in [5, 5.41) is 1.96. The van der Waals surface area contributed by atoms with Crippen molar-refractivity contribution in [3.63, 3.8) is 0 Å². The quantitative estimate of drug-likeness (QED) is 0.320. The van der Waals surface area contributed by atoms with Crippen molar-refractivity contribution in [3.05, 3.63) is 92.9 Å². The van der Waals surface area contributed by atoms with Crippen LogP contribution in [0.1, 0.15) is 53.0 Å². The molecule has 0 unspecified atom stereocenters. The Morgan fingerprint density at radius 2 is 1.88 bits per heavy atom. The number of fused-ring (bicyclic) bond motifs is 4. The van der Waals surface area contributed by atoms with E-state index in [1.54, 1.807) is 15.6 Å². The first-order valence-corrected chi connectivity index (χ1v) is 14.2. The zero-order valence-corrected chi connectivity index (χ0v) is 23.2. The van der Waals surface area contributed by atoms with Crippen LogP contribution in [-0.2, 0) is 15.2 Å². The van der Waals surface area contributed by atoms with Crippen LogP contribution in [0.5, 0.6) is 5.75 Å². The minimum Gasteiger partial charge on any atom is -0.451 e. The fourth-order valence-corrected chi connectivity index (χ4v) is 7.00. The fraction of sp³-hybridized carbons (Fsp3) is 0.345. The molecule has 0 aliphatic carbocycles. The SMILES string of the molecule is COC(=O)OCOc1c2n(ccc1=O)N([C@@H]1c3ccccc3SCc3c1ccc(F)c3F)[C@@H]1CC[C@@H](C)CN1C2=O. The summed E-state index contributed by atoms with van der Waals surface area (Å²) in [7, 11) is 1.13. The van der Waals surface area contributed by atoms with Gasteiger partial charge in [-0.25, -0.2) is 13.6 Å². The number of pyridine rings is 1. The van der Waals surface area contributed by atoms with Crippen LogP contribution in [0.25, 0.3) is 0 Å². The molecule has 0 N–H and O–H groups in total. The van der Waals surface area contributed by atoms with E-state index in [0.717, 1.165) is 30.1 Å². The molecule has 3 atom stereocenters. The van der Waals surface area contributed by atoms with Crippen LogP contribution >= 0.6 is 11.8 Å². The van der Waals surface area contributed by atoms with Gasteiger partial charge in [0.05, 0.1) is 13.2 Å². The number of rotatable bonds is 4. The second-order valence-corrected chi connectivity index (χ2v) is 11.2. The van der Waals surface area contributed by atoms with Gasteiger partial charge in [-0.1, -0.05) is 31.2 Å². The second-order valence-electron chi connectivity index (χ2n) is 10.2. The van der Waals surface area contributed by atoms with Gasteiger partial charge >= 0.3 is 6.16 Å². The van der Waals surface area contributed by atoms with Gasteiger partial charge in [-0.3, -0.25) is 19.3 Å². The number of thioether (sulfide) groups is 1. The number of nitrogens with zero attached hydrogens (tertiary/aromatic N) is 3. The van der Waals surface area contributed by atoms with Crippen LogP contribution in [0.3, 0.4) is 0 Å². The first kappa shape index (κ1) is 27.1. The molecule has 3 aromatic rings. The molecule has 1 fully saturated rings. The standard InChI is InChI=1S/C29H27F2N3O6S/c1-16-7-10-23-32(13-16)28(36)26-27(39-15-40-29(37)38-2)21(35)11-12-33(26)34(23)25-17-8-9-20(30)24(31)19(17)14-41-22-6-4-3-5-18(22)25/h3-6,8-9,11-12,16,23,25H,7,10,13-15H2,1-2H3/t16-,23-,25+/m1/s1. The largest absolute Gasteiger partial charge is 0.510 e. The molecule has 0 bridgehead atoms. The third-order valence-electron chi connectivity index (χ3n) is 7.76. The zero-order chi connectivity index (χ0) is 28.8. The summed E-state index contributed by atoms with van der Waals surface area (Å²) < 4.78 is 46.3. The Hall–Kier alpha value is -4.06. The maximum absolute atomic E-state index is 15.3. The molecule has 0 saturated carbocycles. The molecule has 6 rings (SSSR count). The van der Waals surface area contributed by atoms with Gasteiger partial charge in [0.2, 0.25) is 18.0 Å². The Labute approximate surface area is 238 Å². The van der Waals surface area contributed by atoms with Crippen molar-refractivity contribution in [1.29, 1.82) is 0 Å². The van der Waals surface area contributed by atoms with Crippen molar-refractivity contribution < 1.29 is 32.6 Å². The van der Waals surface area contributed by atoms with Crippen LogP contribution in [0.15, 0.2) is 58.4 Å². The minimum absolute atomic E-state index is 0.0465. The molecule has 9 nitrogen and oxygen atoms in total. The lowest BCUT2D eigenvalue weighted by atomic mass is 9.90. The number of hydrogen-bond acceptors (Lipinski definition) is 8. The second kappa shape index (κ2) is 10.7. The van der Waals surface area contributed by atoms with Crippen molar-refractivity contribution in [2.24, 2.45) is 5.92 Å². The number of hydrogen-bond donors (Lipinski definition) is 0. The van der Waals surface area contributed by atoms with E-state index < -0.39 is 48.1 Å². The lowest BCUT2D eigenvalue weighted by Gasteiger charge is -2.53. The van der Waals surface area contributed by atoms with Gasteiger partial charge in [0.1, 0.15) is 6.17 Å². The summed E-state index contributed by atoms with van der Waals surface area (Å²) >= 11 is 1.42. The van der Waals surface area contributed by atoms with E-state index in [0.29, 0.717) is 18.5 Å². The summed E-state index contributed by atoms with van der Waals surface area (Å²) in [4.78, 5) is 41.1. The van der Waals surface area contributed by atoms with Gasteiger partial charge in [-0.2, -0.15) is 0 Å². The van der Waals surface area contributed by atoms with E-state index in [4.69, 9.17) is 9.47 Å². The fourth-order valence-electron chi connectivity index (χ4n) is 5.89. The number of carbonyl (C=O) groups is 2. The third kappa shape index (κ3) is 4.59. The summed E-state index contributed by atoms with van der Waals surface area (Å²) in [6, 6.07) is 11.0. The average molecular weight is 584 g/mol. The highest BCUT2D eigenvalue weighted by molar-refractivity contribution is 7.98. The average Bonchev–Trinajstić information content (AvgIpc) is 3.14. The third-order valence-corrected chi connectivity index (χ3v) is 8.88. The number of carbonyl (C=O) groups excluding carboxylic acids is 2. The van der Waals surface area contributed by atoms with Crippen molar-refractivity contribution in [1.82, 2.24) is 9.58 Å². The minimum atomic E-state index is -1.01. The predicted molar refractivity (Wildman–Crippen MR) is 145 cm³/mol. The molecule has 41 heavy (non-hydrogen) atoms. The summed E-state index contributed by atoms with van der Waals surface area (Å²) in [5.41, 5.74) is 1.04. The highest BCUT2D eigenvalue weighted by Crippen LogP contribution is 2.46. The monoisotopic (exact) mass is 583 g/mol. The molecule has 2 aromatic carbocycles. The van der Waals surface area contributed by atoms with Gasteiger partial charge in [-0.15, -0.1) is 11.8 Å². The number of piperidine rings is 1. The summed E-state index contributed by atoms with van der Waals surface area (Å²) in [6.45, 7) is 1.82. The normalized spacial score (nSPS) is 21.2. The van der Waals surface area contributed by atoms with Crippen LogP contribution in [0.2, 0.25) is 0 Å². The number of amides is 1. The van der Waals surface area contributed by atoms with E-state index in [1.165, 1.54) is 24.0 Å². The van der Waals surface area contributed by atoms with Gasteiger partial charge < -0.3 is 19.1 Å². The lowest BCUT2D eigenvalue weighted by Crippen LogP contribution is -2.64. The number of aromatic nitrogens is 1. The maximum atomic E-state index is 15.3. The van der Waals surface area contributed by atoms with E-state index in [-0.39, 0.29) is 28.7 Å². The predicted octanol–water partition coefficient (Wildman–Crippen LogP) is 4.79.